The van der Waals surface area contributed by atoms with Crippen LogP contribution in [-0.4, -0.2) is 29.9 Å². The summed E-state index contributed by atoms with van der Waals surface area (Å²) in [5.41, 5.74) is 3.88. The lowest BCUT2D eigenvalue weighted by Crippen LogP contribution is -2.33. The molecule has 0 saturated heterocycles. The fraction of sp³-hybridized carbons (Fsp3) is 0.500. The molecule has 2 aromatic rings. The molecule has 2 saturated carbocycles. The van der Waals surface area contributed by atoms with Crippen LogP contribution in [0, 0.1) is 22.7 Å². The first-order valence-corrected chi connectivity index (χ1v) is 12.4. The average molecular weight is 480 g/mol. The van der Waals surface area contributed by atoms with E-state index in [1.54, 1.807) is 0 Å². The van der Waals surface area contributed by atoms with Crippen molar-refractivity contribution in [2.45, 2.75) is 64.1 Å². The van der Waals surface area contributed by atoms with Crippen LogP contribution < -0.4 is 10.1 Å². The third kappa shape index (κ3) is 5.04. The number of amides is 1. The number of carbonyl (C=O) groups excluding carboxylic acids is 1. The van der Waals surface area contributed by atoms with Crippen LogP contribution in [0.1, 0.15) is 67.3 Å². The number of hydrogen-bond acceptors (Lipinski definition) is 4. The predicted octanol–water partition coefficient (Wildman–Crippen LogP) is 5.32. The maximum atomic E-state index is 13.1. The monoisotopic (exact) mass is 479 g/mol. The second-order valence-corrected chi connectivity index (χ2v) is 10.5. The Kier molecular flexibility index (Phi) is 6.04. The molecule has 2 fully saturated rings. The molecule has 1 amide bonds. The highest BCUT2D eigenvalue weighted by molar-refractivity contribution is 5.88. The zero-order valence-corrected chi connectivity index (χ0v) is 20.2. The lowest BCUT2D eigenvalue weighted by atomic mass is 9.90. The van der Waals surface area contributed by atoms with Gasteiger partial charge in [0.15, 0.2) is 0 Å². The molecule has 1 N–H and O–H groups in total. The van der Waals surface area contributed by atoms with Gasteiger partial charge in [0.05, 0.1) is 24.6 Å². The van der Waals surface area contributed by atoms with Crippen LogP contribution in [0.15, 0.2) is 42.5 Å². The number of nitrogens with one attached hydrogen (secondary N) is 1. The van der Waals surface area contributed by atoms with Crippen LogP contribution in [0.2, 0.25) is 0 Å². The highest BCUT2D eigenvalue weighted by Crippen LogP contribution is 2.48. The van der Waals surface area contributed by atoms with Gasteiger partial charge in [-0.1, -0.05) is 37.3 Å². The molecule has 0 radical (unpaired) electrons. The van der Waals surface area contributed by atoms with Crippen LogP contribution in [0.5, 0.6) is 5.75 Å². The number of alkyl halides is 2. The van der Waals surface area contributed by atoms with Crippen LogP contribution in [0.25, 0.3) is 0 Å². The van der Waals surface area contributed by atoms with Crippen molar-refractivity contribution in [2.75, 3.05) is 13.2 Å². The summed E-state index contributed by atoms with van der Waals surface area (Å²) in [7, 11) is 0. The molecule has 3 atom stereocenters. The largest absolute Gasteiger partial charge is 0.493 e. The minimum absolute atomic E-state index is 0.0697. The quantitative estimate of drug-likeness (QED) is 0.557. The van der Waals surface area contributed by atoms with Gasteiger partial charge in [0.1, 0.15) is 11.2 Å². The average Bonchev–Trinajstić information content (AvgIpc) is 3.74. The molecule has 5 rings (SSSR count). The van der Waals surface area contributed by atoms with Crippen molar-refractivity contribution in [3.05, 3.63) is 64.7 Å². The van der Waals surface area contributed by atoms with E-state index in [1.165, 1.54) is 16.7 Å². The SMILES string of the molecule is CC1CN(Cc2ccc([C@H](C)NC(=O)C3(C#N)CC3)cc2)Cc2ccc(OCC3CC3(F)F)cc21. The zero-order chi connectivity index (χ0) is 24.8. The first-order valence-electron chi connectivity index (χ1n) is 12.4. The van der Waals surface area contributed by atoms with Gasteiger partial charge in [-0.05, 0) is 60.1 Å². The Morgan fingerprint density at radius 2 is 1.97 bits per heavy atom. The van der Waals surface area contributed by atoms with Gasteiger partial charge in [-0.25, -0.2) is 8.78 Å². The van der Waals surface area contributed by atoms with Crippen molar-refractivity contribution in [1.82, 2.24) is 10.2 Å². The molecule has 0 bridgehead atoms. The summed E-state index contributed by atoms with van der Waals surface area (Å²) in [5.74, 6) is -2.38. The van der Waals surface area contributed by atoms with Gasteiger partial charge in [0.25, 0.3) is 5.92 Å². The summed E-state index contributed by atoms with van der Waals surface area (Å²) < 4.78 is 31.9. The first-order chi connectivity index (χ1) is 16.7. The van der Waals surface area contributed by atoms with E-state index < -0.39 is 17.3 Å². The number of nitrogens with zero attached hydrogens (tertiary/aromatic N) is 2. The third-order valence-corrected chi connectivity index (χ3v) is 7.61. The summed E-state index contributed by atoms with van der Waals surface area (Å²) in [6, 6.07) is 16.2. The first kappa shape index (κ1) is 23.7. The van der Waals surface area contributed by atoms with Gasteiger partial charge in [0, 0.05) is 26.1 Å². The summed E-state index contributed by atoms with van der Waals surface area (Å²) in [6.07, 6.45) is 1.22. The third-order valence-electron chi connectivity index (χ3n) is 7.61. The number of rotatable bonds is 8. The molecule has 35 heavy (non-hydrogen) atoms. The number of hydrogen-bond donors (Lipinski definition) is 1. The number of nitriles is 1. The molecule has 1 aliphatic heterocycles. The van der Waals surface area contributed by atoms with Gasteiger partial charge in [0.2, 0.25) is 5.91 Å². The van der Waals surface area contributed by atoms with Crippen molar-refractivity contribution < 1.29 is 18.3 Å². The van der Waals surface area contributed by atoms with E-state index in [1.807, 2.05) is 31.2 Å². The zero-order valence-electron chi connectivity index (χ0n) is 20.2. The van der Waals surface area contributed by atoms with E-state index in [0.29, 0.717) is 24.5 Å². The smallest absolute Gasteiger partial charge is 0.255 e. The Morgan fingerprint density at radius 3 is 2.60 bits per heavy atom. The Balaban J connectivity index is 1.16. The van der Waals surface area contributed by atoms with Crippen molar-refractivity contribution >= 4 is 5.91 Å². The van der Waals surface area contributed by atoms with Gasteiger partial charge >= 0.3 is 0 Å². The van der Waals surface area contributed by atoms with Crippen LogP contribution in [0.4, 0.5) is 8.78 Å². The molecule has 0 spiro atoms. The molecular weight excluding hydrogens is 448 g/mol. The molecule has 7 heteroatoms. The molecule has 3 aliphatic rings. The number of ether oxygens (including phenoxy) is 1. The van der Waals surface area contributed by atoms with Gasteiger partial charge in [-0.2, -0.15) is 5.26 Å². The standard InChI is InChI=1S/C28H31F2N3O2/c1-18-13-33(15-22-7-8-24(11-25(18)22)35-16-23-12-28(23,29)30)14-20-3-5-21(6-4-20)19(2)32-26(34)27(17-31)9-10-27/h3-8,11,18-19,23H,9-10,12-16H2,1-2H3,(H,32,34)/t18?,19-,23?/m0/s1. The van der Waals surface area contributed by atoms with Gasteiger partial charge in [-0.3, -0.25) is 9.69 Å². The normalized spacial score (nSPS) is 24.5. The Bertz CT molecular complexity index is 1150. The highest BCUT2D eigenvalue weighted by atomic mass is 19.3. The summed E-state index contributed by atoms with van der Waals surface area (Å²) in [4.78, 5) is 14.7. The van der Waals surface area contributed by atoms with Gasteiger partial charge < -0.3 is 10.1 Å². The summed E-state index contributed by atoms with van der Waals surface area (Å²) in [6.45, 7) is 6.75. The second-order valence-electron chi connectivity index (χ2n) is 10.5. The molecule has 1 heterocycles. The van der Waals surface area contributed by atoms with E-state index in [0.717, 1.165) is 25.2 Å². The summed E-state index contributed by atoms with van der Waals surface area (Å²) in [5, 5.41) is 12.2. The fourth-order valence-electron chi connectivity index (χ4n) is 4.93. The van der Waals surface area contributed by atoms with E-state index in [4.69, 9.17) is 4.74 Å². The number of halogens is 2. The van der Waals surface area contributed by atoms with Crippen molar-refractivity contribution in [3.8, 4) is 11.8 Å². The minimum atomic E-state index is -2.55. The lowest BCUT2D eigenvalue weighted by molar-refractivity contribution is -0.125. The topological polar surface area (TPSA) is 65.4 Å². The molecule has 5 nitrogen and oxygen atoms in total. The van der Waals surface area contributed by atoms with Crippen molar-refractivity contribution in [1.29, 1.82) is 5.26 Å². The molecule has 2 unspecified atom stereocenters. The van der Waals surface area contributed by atoms with Crippen LogP contribution in [-0.2, 0) is 17.9 Å². The maximum absolute atomic E-state index is 13.1. The highest BCUT2D eigenvalue weighted by Gasteiger charge is 2.57. The molecule has 2 aromatic carbocycles. The predicted molar refractivity (Wildman–Crippen MR) is 128 cm³/mol. The Hall–Kier alpha value is -2.98. The second kappa shape index (κ2) is 8.91. The number of fused-ring (bicyclic) bond motifs is 1. The van der Waals surface area contributed by atoms with E-state index >= 15 is 0 Å². The van der Waals surface area contributed by atoms with E-state index in [2.05, 4.69) is 41.4 Å². The van der Waals surface area contributed by atoms with E-state index in [9.17, 15) is 18.8 Å². The van der Waals surface area contributed by atoms with Gasteiger partial charge in [-0.15, -0.1) is 0 Å². The van der Waals surface area contributed by atoms with Crippen LogP contribution >= 0.6 is 0 Å². The number of carbonyl (C=O) groups is 1. The van der Waals surface area contributed by atoms with Crippen molar-refractivity contribution in [2.24, 2.45) is 11.3 Å². The fourth-order valence-corrected chi connectivity index (χ4v) is 4.93. The van der Waals surface area contributed by atoms with Crippen molar-refractivity contribution in [3.63, 3.8) is 0 Å². The maximum Gasteiger partial charge on any atom is 0.255 e. The molecule has 184 valence electrons. The van der Waals surface area contributed by atoms with Crippen LogP contribution in [0.3, 0.4) is 0 Å². The summed E-state index contributed by atoms with van der Waals surface area (Å²) >= 11 is 0. The number of benzene rings is 2. The molecular formula is C28H31F2N3O2. The Morgan fingerprint density at radius 1 is 1.26 bits per heavy atom. The van der Waals surface area contributed by atoms with E-state index in [-0.39, 0.29) is 25.0 Å². The molecule has 0 aromatic heterocycles. The Labute approximate surface area is 205 Å². The lowest BCUT2D eigenvalue weighted by Gasteiger charge is -2.33. The molecule has 2 aliphatic carbocycles. The minimum Gasteiger partial charge on any atom is -0.493 e.